The number of aromatic nitrogens is 3. The van der Waals surface area contributed by atoms with Crippen molar-refractivity contribution in [3.63, 3.8) is 0 Å². The molecule has 37 heavy (non-hydrogen) atoms. The minimum atomic E-state index is -0.828. The van der Waals surface area contributed by atoms with Crippen molar-refractivity contribution >= 4 is 51.3 Å². The molecule has 0 fully saturated rings. The van der Waals surface area contributed by atoms with Crippen LogP contribution in [0.25, 0.3) is 0 Å². The summed E-state index contributed by atoms with van der Waals surface area (Å²) in [7, 11) is 0. The third-order valence-electron chi connectivity index (χ3n) is 6.04. The first kappa shape index (κ1) is 25.3. The Morgan fingerprint density at radius 1 is 0.973 bits per heavy atom. The van der Waals surface area contributed by atoms with E-state index in [9.17, 15) is 14.7 Å². The molecular weight excluding hydrogens is 525 g/mol. The lowest BCUT2D eigenvalue weighted by Gasteiger charge is -2.24. The van der Waals surface area contributed by atoms with E-state index in [4.69, 9.17) is 0 Å². The highest BCUT2D eigenvalue weighted by atomic mass is 32.2. The first-order valence-electron chi connectivity index (χ1n) is 11.6. The monoisotopic (exact) mass is 548 g/mol. The van der Waals surface area contributed by atoms with Gasteiger partial charge in [0.05, 0.1) is 27.2 Å². The zero-order chi connectivity index (χ0) is 26.3. The van der Waals surface area contributed by atoms with Gasteiger partial charge in [-0.05, 0) is 38.8 Å². The highest BCUT2D eigenvalue weighted by molar-refractivity contribution is 8.00. The fourth-order valence-electron chi connectivity index (χ4n) is 4.15. The molecule has 1 N–H and O–H groups in total. The molecule has 5 rings (SSSR count). The standard InChI is InChI=1S/C27H24N4O3S3/c1-14-5-9-18(10-6-14)13-35-27-30-29-26(37-27)31-21(19-11-7-15(2)8-12-19)20(23(33)25(31)34)22(32)24-16(3)28-17(4)36-24/h5-12,21,33H,13H2,1-4H3. The van der Waals surface area contributed by atoms with E-state index in [-0.39, 0.29) is 5.57 Å². The number of hydrogen-bond donors (Lipinski definition) is 1. The lowest BCUT2D eigenvalue weighted by atomic mass is 9.94. The second-order valence-corrected chi connectivity index (χ2v) is 12.2. The van der Waals surface area contributed by atoms with Crippen molar-refractivity contribution in [1.29, 1.82) is 0 Å². The molecule has 10 heteroatoms. The molecule has 0 radical (unpaired) electrons. The van der Waals surface area contributed by atoms with E-state index in [1.54, 1.807) is 6.92 Å². The molecule has 3 heterocycles. The third kappa shape index (κ3) is 4.96. The highest BCUT2D eigenvalue weighted by Gasteiger charge is 2.46. The second-order valence-electron chi connectivity index (χ2n) is 8.85. The lowest BCUT2D eigenvalue weighted by Crippen LogP contribution is -2.31. The Bertz CT molecular complexity index is 1520. The van der Waals surface area contributed by atoms with Crippen molar-refractivity contribution in [3.8, 4) is 0 Å². The second kappa shape index (κ2) is 10.2. The summed E-state index contributed by atoms with van der Waals surface area (Å²) in [6, 6.07) is 15.0. The Kier molecular flexibility index (Phi) is 6.98. The number of anilines is 1. The highest BCUT2D eigenvalue weighted by Crippen LogP contribution is 2.44. The molecule has 0 aliphatic carbocycles. The molecule has 1 aliphatic heterocycles. The van der Waals surface area contributed by atoms with E-state index >= 15 is 0 Å². The molecule has 2 aromatic carbocycles. The van der Waals surface area contributed by atoms with Crippen LogP contribution in [0.1, 0.15) is 48.7 Å². The number of nitrogens with zero attached hydrogens (tertiary/aromatic N) is 4. The van der Waals surface area contributed by atoms with Crippen LogP contribution in [-0.2, 0) is 10.5 Å². The number of aliphatic hydroxyl groups is 1. The number of aryl methyl sites for hydroxylation is 4. The maximum Gasteiger partial charge on any atom is 0.296 e. The topological polar surface area (TPSA) is 96.3 Å². The van der Waals surface area contributed by atoms with Crippen LogP contribution in [0.4, 0.5) is 5.13 Å². The fourth-order valence-corrected chi connectivity index (χ4v) is 6.85. The van der Waals surface area contributed by atoms with Crippen LogP contribution >= 0.6 is 34.4 Å². The summed E-state index contributed by atoms with van der Waals surface area (Å²) in [5.41, 5.74) is 4.71. The van der Waals surface area contributed by atoms with Crippen molar-refractivity contribution in [3.05, 3.63) is 97.7 Å². The first-order chi connectivity index (χ1) is 17.7. The molecule has 1 unspecified atom stereocenters. The van der Waals surface area contributed by atoms with Crippen LogP contribution in [0.3, 0.4) is 0 Å². The van der Waals surface area contributed by atoms with Crippen LogP contribution in [0.5, 0.6) is 0 Å². The number of hydrogen-bond acceptors (Lipinski definition) is 9. The predicted molar refractivity (Wildman–Crippen MR) is 148 cm³/mol. The minimum Gasteiger partial charge on any atom is -0.503 e. The van der Waals surface area contributed by atoms with E-state index in [2.05, 4.69) is 39.4 Å². The summed E-state index contributed by atoms with van der Waals surface area (Å²) in [4.78, 5) is 33.2. The molecule has 188 valence electrons. The van der Waals surface area contributed by atoms with E-state index < -0.39 is 23.5 Å². The van der Waals surface area contributed by atoms with Gasteiger partial charge in [0.1, 0.15) is 0 Å². The Balaban J connectivity index is 1.50. The molecule has 1 amide bonds. The van der Waals surface area contributed by atoms with Gasteiger partial charge in [-0.3, -0.25) is 14.5 Å². The molecule has 0 bridgehead atoms. The smallest absolute Gasteiger partial charge is 0.296 e. The van der Waals surface area contributed by atoms with E-state index in [0.717, 1.165) is 16.1 Å². The molecule has 1 aliphatic rings. The third-order valence-corrected chi connectivity index (χ3v) is 9.24. The molecule has 4 aromatic rings. The zero-order valence-corrected chi connectivity index (χ0v) is 23.1. The largest absolute Gasteiger partial charge is 0.503 e. The average Bonchev–Trinajstić information content (AvgIpc) is 3.55. The number of aliphatic hydroxyl groups excluding tert-OH is 1. The van der Waals surface area contributed by atoms with E-state index in [1.165, 1.54) is 44.9 Å². The SMILES string of the molecule is Cc1ccc(CSc2nnc(N3C(=O)C(O)=C(C(=O)c4sc(C)nc4C)C3c3ccc(C)cc3)s2)cc1. The Morgan fingerprint density at radius 2 is 1.62 bits per heavy atom. The summed E-state index contributed by atoms with van der Waals surface area (Å²) in [6.45, 7) is 7.59. The van der Waals surface area contributed by atoms with Crippen LogP contribution in [0.2, 0.25) is 0 Å². The van der Waals surface area contributed by atoms with Gasteiger partial charge in [0.2, 0.25) is 10.9 Å². The normalized spacial score (nSPS) is 15.6. The van der Waals surface area contributed by atoms with Gasteiger partial charge in [0.15, 0.2) is 10.1 Å². The van der Waals surface area contributed by atoms with E-state index in [0.29, 0.717) is 31.4 Å². The van der Waals surface area contributed by atoms with Gasteiger partial charge >= 0.3 is 0 Å². The van der Waals surface area contributed by atoms with Crippen LogP contribution in [0, 0.1) is 27.7 Å². The molecule has 0 saturated carbocycles. The van der Waals surface area contributed by atoms with Gasteiger partial charge in [-0.2, -0.15) is 0 Å². The summed E-state index contributed by atoms with van der Waals surface area (Å²) in [6.07, 6.45) is 0. The number of benzene rings is 2. The number of ketones is 1. The Labute approximate surface area is 226 Å². The van der Waals surface area contributed by atoms with Crippen molar-refractivity contribution in [2.75, 3.05) is 4.90 Å². The van der Waals surface area contributed by atoms with Gasteiger partial charge in [-0.25, -0.2) is 4.98 Å². The molecule has 2 aromatic heterocycles. The van der Waals surface area contributed by atoms with Crippen LogP contribution in [0.15, 0.2) is 64.2 Å². The summed E-state index contributed by atoms with van der Waals surface area (Å²) in [5.74, 6) is -0.925. The molecule has 7 nitrogen and oxygen atoms in total. The first-order valence-corrected chi connectivity index (χ1v) is 14.2. The Hall–Kier alpha value is -3.34. The number of thioether (sulfide) groups is 1. The molecular formula is C27H24N4O3S3. The quantitative estimate of drug-likeness (QED) is 0.164. The number of amides is 1. The van der Waals surface area contributed by atoms with E-state index in [1.807, 2.05) is 45.0 Å². The van der Waals surface area contributed by atoms with Gasteiger partial charge in [-0.15, -0.1) is 21.5 Å². The van der Waals surface area contributed by atoms with Gasteiger partial charge in [0, 0.05) is 5.75 Å². The van der Waals surface area contributed by atoms with Gasteiger partial charge in [0.25, 0.3) is 5.91 Å². The van der Waals surface area contributed by atoms with Crippen LogP contribution in [-0.4, -0.2) is 32.0 Å². The van der Waals surface area contributed by atoms with Crippen molar-refractivity contribution in [1.82, 2.24) is 15.2 Å². The number of carbonyl (C=O) groups is 2. The number of thiazole rings is 1. The minimum absolute atomic E-state index is 0.0321. The van der Waals surface area contributed by atoms with Gasteiger partial charge in [-0.1, -0.05) is 82.8 Å². The summed E-state index contributed by atoms with van der Waals surface area (Å²) >= 11 is 4.04. The molecule has 0 spiro atoms. The summed E-state index contributed by atoms with van der Waals surface area (Å²) < 4.78 is 0.694. The summed E-state index contributed by atoms with van der Waals surface area (Å²) in [5, 5.41) is 20.6. The maximum atomic E-state index is 13.7. The maximum absolute atomic E-state index is 13.7. The number of Topliss-reactive ketones (excluding diaryl/α,β-unsaturated/α-hetero) is 1. The number of carbonyl (C=O) groups excluding carboxylic acids is 2. The average molecular weight is 549 g/mol. The van der Waals surface area contributed by atoms with Crippen molar-refractivity contribution in [2.24, 2.45) is 0 Å². The predicted octanol–water partition coefficient (Wildman–Crippen LogP) is 6.30. The van der Waals surface area contributed by atoms with Gasteiger partial charge < -0.3 is 5.11 Å². The fraction of sp³-hybridized carbons (Fsp3) is 0.222. The van der Waals surface area contributed by atoms with Crippen molar-refractivity contribution < 1.29 is 14.7 Å². The molecule has 0 saturated heterocycles. The molecule has 1 atom stereocenters. The zero-order valence-electron chi connectivity index (χ0n) is 20.7. The number of rotatable bonds is 7. The van der Waals surface area contributed by atoms with Crippen molar-refractivity contribution in [2.45, 2.75) is 43.8 Å². The van der Waals surface area contributed by atoms with Crippen LogP contribution < -0.4 is 4.90 Å². The Morgan fingerprint density at radius 3 is 2.24 bits per heavy atom. The lowest BCUT2D eigenvalue weighted by molar-refractivity contribution is -0.117.